The lowest BCUT2D eigenvalue weighted by atomic mass is 10.2. The quantitative estimate of drug-likeness (QED) is 0.864. The van der Waals surface area contributed by atoms with E-state index >= 15 is 0 Å². The smallest absolute Gasteiger partial charge is 0.157 e. The van der Waals surface area contributed by atoms with Crippen molar-refractivity contribution in [3.63, 3.8) is 0 Å². The largest absolute Gasteiger partial charge is 0.399 e. The van der Waals surface area contributed by atoms with Crippen molar-refractivity contribution < 1.29 is 13.2 Å². The summed E-state index contributed by atoms with van der Waals surface area (Å²) < 4.78 is 29.7. The van der Waals surface area contributed by atoms with Crippen molar-refractivity contribution in [2.24, 2.45) is 0 Å². The van der Waals surface area contributed by atoms with Crippen molar-refractivity contribution in [3.05, 3.63) is 28.8 Å². The summed E-state index contributed by atoms with van der Waals surface area (Å²) in [4.78, 5) is 0. The van der Waals surface area contributed by atoms with E-state index < -0.39 is 9.84 Å². The summed E-state index contributed by atoms with van der Waals surface area (Å²) >= 11 is 6.01. The van der Waals surface area contributed by atoms with Crippen LogP contribution in [0, 0.1) is 0 Å². The summed E-state index contributed by atoms with van der Waals surface area (Å²) in [5.41, 5.74) is 6.73. The highest BCUT2D eigenvalue weighted by atomic mass is 35.5. The lowest BCUT2D eigenvalue weighted by molar-refractivity contribution is 0.0983. The predicted octanol–water partition coefficient (Wildman–Crippen LogP) is 2.02. The van der Waals surface area contributed by atoms with Crippen LogP contribution in [0.3, 0.4) is 0 Å². The summed E-state index contributed by atoms with van der Waals surface area (Å²) in [6.45, 7) is 1.03. The second-order valence-corrected chi connectivity index (χ2v) is 7.16. The number of hydrogen-bond donors (Lipinski definition) is 1. The van der Waals surface area contributed by atoms with Crippen molar-refractivity contribution in [2.75, 3.05) is 18.9 Å². The SMILES string of the molecule is Nc1ccc(CS(=O)(=O)C2CCOCC2)c(Cl)c1. The van der Waals surface area contributed by atoms with E-state index in [0.717, 1.165) is 0 Å². The number of rotatable bonds is 3. The van der Waals surface area contributed by atoms with Gasteiger partial charge in [-0.15, -0.1) is 0 Å². The molecular weight excluding hydrogens is 274 g/mol. The van der Waals surface area contributed by atoms with Gasteiger partial charge in [0.1, 0.15) is 0 Å². The van der Waals surface area contributed by atoms with Crippen LogP contribution in [0.25, 0.3) is 0 Å². The standard InChI is InChI=1S/C12H16ClNO3S/c13-12-7-10(14)2-1-9(12)8-18(15,16)11-3-5-17-6-4-11/h1-2,7,11H,3-6,8,14H2. The number of anilines is 1. The maximum absolute atomic E-state index is 12.2. The molecule has 0 spiro atoms. The van der Waals surface area contributed by atoms with Gasteiger partial charge in [-0.2, -0.15) is 0 Å². The molecule has 0 aromatic heterocycles. The molecule has 0 amide bonds. The zero-order chi connectivity index (χ0) is 13.2. The Kier molecular flexibility index (Phi) is 4.14. The fourth-order valence-corrected chi connectivity index (χ4v) is 4.22. The van der Waals surface area contributed by atoms with Crippen LogP contribution in [0.1, 0.15) is 18.4 Å². The topological polar surface area (TPSA) is 69.4 Å². The molecule has 4 nitrogen and oxygen atoms in total. The van der Waals surface area contributed by atoms with E-state index in [2.05, 4.69) is 0 Å². The Morgan fingerprint density at radius 3 is 2.61 bits per heavy atom. The Morgan fingerprint density at radius 2 is 2.00 bits per heavy atom. The molecule has 2 N–H and O–H groups in total. The molecule has 0 atom stereocenters. The van der Waals surface area contributed by atoms with Crippen LogP contribution >= 0.6 is 11.6 Å². The number of sulfone groups is 1. The van der Waals surface area contributed by atoms with E-state index in [1.165, 1.54) is 0 Å². The Balaban J connectivity index is 2.16. The minimum atomic E-state index is -3.18. The van der Waals surface area contributed by atoms with Crippen molar-refractivity contribution >= 4 is 27.1 Å². The molecule has 1 aliphatic rings. The third-order valence-electron chi connectivity index (χ3n) is 3.11. The van der Waals surface area contributed by atoms with Crippen LogP contribution in [-0.4, -0.2) is 26.9 Å². The minimum Gasteiger partial charge on any atom is -0.399 e. The summed E-state index contributed by atoms with van der Waals surface area (Å²) in [6.07, 6.45) is 1.13. The highest BCUT2D eigenvalue weighted by Gasteiger charge is 2.28. The average Bonchev–Trinajstić information content (AvgIpc) is 2.34. The molecule has 100 valence electrons. The third-order valence-corrected chi connectivity index (χ3v) is 5.66. The maximum atomic E-state index is 12.2. The molecular formula is C12H16ClNO3S. The van der Waals surface area contributed by atoms with Gasteiger partial charge in [0.05, 0.1) is 11.0 Å². The Labute approximate surface area is 112 Å². The number of nitrogen functional groups attached to an aromatic ring is 1. The van der Waals surface area contributed by atoms with Crippen LogP contribution < -0.4 is 5.73 Å². The van der Waals surface area contributed by atoms with Crippen molar-refractivity contribution in [3.8, 4) is 0 Å². The van der Waals surface area contributed by atoms with Gasteiger partial charge in [0.15, 0.2) is 9.84 Å². The van der Waals surface area contributed by atoms with Gasteiger partial charge < -0.3 is 10.5 Å². The van der Waals surface area contributed by atoms with Gasteiger partial charge in [-0.1, -0.05) is 17.7 Å². The Hall–Kier alpha value is -0.780. The summed E-state index contributed by atoms with van der Waals surface area (Å²) in [7, 11) is -3.18. The lowest BCUT2D eigenvalue weighted by Gasteiger charge is -2.22. The van der Waals surface area contributed by atoms with E-state index in [1.807, 2.05) is 0 Å². The fraction of sp³-hybridized carbons (Fsp3) is 0.500. The molecule has 1 aromatic rings. The molecule has 0 unspecified atom stereocenters. The molecule has 1 saturated heterocycles. The van der Waals surface area contributed by atoms with Crippen LogP contribution in [0.2, 0.25) is 5.02 Å². The van der Waals surface area contributed by atoms with E-state index in [4.69, 9.17) is 22.1 Å². The van der Waals surface area contributed by atoms with Gasteiger partial charge in [-0.05, 0) is 30.5 Å². The van der Waals surface area contributed by atoms with E-state index in [1.54, 1.807) is 18.2 Å². The molecule has 2 rings (SSSR count). The molecule has 0 aliphatic carbocycles. The first kappa shape index (κ1) is 13.6. The van der Waals surface area contributed by atoms with Crippen molar-refractivity contribution in [1.82, 2.24) is 0 Å². The number of ether oxygens (including phenoxy) is 1. The van der Waals surface area contributed by atoms with Crippen molar-refractivity contribution in [1.29, 1.82) is 0 Å². The highest BCUT2D eigenvalue weighted by molar-refractivity contribution is 7.91. The average molecular weight is 290 g/mol. The first-order valence-electron chi connectivity index (χ1n) is 5.82. The minimum absolute atomic E-state index is 0.0310. The number of halogens is 1. The van der Waals surface area contributed by atoms with Gasteiger partial charge >= 0.3 is 0 Å². The number of hydrogen-bond acceptors (Lipinski definition) is 4. The third kappa shape index (κ3) is 3.16. The van der Waals surface area contributed by atoms with Gasteiger partial charge in [-0.3, -0.25) is 0 Å². The second-order valence-electron chi connectivity index (χ2n) is 4.47. The van der Waals surface area contributed by atoms with Crippen LogP contribution in [-0.2, 0) is 20.3 Å². The Morgan fingerprint density at radius 1 is 1.33 bits per heavy atom. The van der Waals surface area contributed by atoms with Crippen molar-refractivity contribution in [2.45, 2.75) is 23.8 Å². The van der Waals surface area contributed by atoms with Gasteiger partial charge in [-0.25, -0.2) is 8.42 Å². The van der Waals surface area contributed by atoms with Crippen LogP contribution in [0.15, 0.2) is 18.2 Å². The lowest BCUT2D eigenvalue weighted by Crippen LogP contribution is -2.29. The molecule has 0 radical (unpaired) electrons. The summed E-state index contributed by atoms with van der Waals surface area (Å²) in [5, 5.41) is 0.0884. The van der Waals surface area contributed by atoms with E-state index in [-0.39, 0.29) is 11.0 Å². The van der Waals surface area contributed by atoms with E-state index in [9.17, 15) is 8.42 Å². The zero-order valence-corrected chi connectivity index (χ0v) is 11.5. The second kappa shape index (κ2) is 5.47. The fourth-order valence-electron chi connectivity index (χ4n) is 2.05. The van der Waals surface area contributed by atoms with E-state index in [0.29, 0.717) is 42.3 Å². The first-order valence-corrected chi connectivity index (χ1v) is 7.91. The van der Waals surface area contributed by atoms with Gasteiger partial charge in [0.25, 0.3) is 0 Å². The van der Waals surface area contributed by atoms with Crippen LogP contribution in [0.5, 0.6) is 0 Å². The van der Waals surface area contributed by atoms with Crippen LogP contribution in [0.4, 0.5) is 5.69 Å². The van der Waals surface area contributed by atoms with Gasteiger partial charge in [0, 0.05) is 23.9 Å². The predicted molar refractivity (Wildman–Crippen MR) is 72.3 cm³/mol. The summed E-state index contributed by atoms with van der Waals surface area (Å²) in [6, 6.07) is 4.92. The molecule has 6 heteroatoms. The normalized spacial score (nSPS) is 17.8. The molecule has 1 aromatic carbocycles. The first-order chi connectivity index (χ1) is 8.49. The van der Waals surface area contributed by atoms with Gasteiger partial charge in [0.2, 0.25) is 0 Å². The molecule has 1 aliphatic heterocycles. The molecule has 18 heavy (non-hydrogen) atoms. The number of benzene rings is 1. The molecule has 1 fully saturated rings. The maximum Gasteiger partial charge on any atom is 0.157 e. The summed E-state index contributed by atoms with van der Waals surface area (Å²) in [5.74, 6) is -0.0310. The Bertz CT molecular complexity index is 524. The molecule has 0 bridgehead atoms. The highest BCUT2D eigenvalue weighted by Crippen LogP contribution is 2.25. The zero-order valence-electron chi connectivity index (χ0n) is 9.93. The molecule has 0 saturated carbocycles. The molecule has 1 heterocycles. The number of nitrogens with two attached hydrogens (primary N) is 1. The monoisotopic (exact) mass is 289 g/mol.